The zero-order valence-electron chi connectivity index (χ0n) is 17.2. The molecule has 1 amide bonds. The standard InChI is InChI=1S/C22H19ClN4O3S2/c1-29-16-8-6-15(7-9-16)27-21(19-4-3-11-31-19)25-26-22(27)32-13-20(28)24-14-5-10-18(30-2)17(23)12-14/h3-12H,13H2,1-2H3,(H,24,28). The molecule has 2 aromatic carbocycles. The number of thioether (sulfide) groups is 1. The van der Waals surface area contributed by atoms with E-state index in [9.17, 15) is 4.79 Å². The van der Waals surface area contributed by atoms with E-state index in [1.54, 1.807) is 43.8 Å². The summed E-state index contributed by atoms with van der Waals surface area (Å²) in [6.45, 7) is 0. The van der Waals surface area contributed by atoms with E-state index < -0.39 is 0 Å². The minimum absolute atomic E-state index is 0.155. The van der Waals surface area contributed by atoms with Gasteiger partial charge in [-0.05, 0) is 53.9 Å². The molecule has 0 bridgehead atoms. The van der Waals surface area contributed by atoms with Crippen LogP contribution in [0.1, 0.15) is 0 Å². The summed E-state index contributed by atoms with van der Waals surface area (Å²) >= 11 is 9.02. The van der Waals surface area contributed by atoms with Crippen molar-refractivity contribution in [2.24, 2.45) is 0 Å². The Morgan fingerprint density at radius 3 is 2.59 bits per heavy atom. The number of rotatable bonds is 8. The lowest BCUT2D eigenvalue weighted by molar-refractivity contribution is -0.113. The molecule has 0 aliphatic rings. The van der Waals surface area contributed by atoms with Crippen molar-refractivity contribution in [2.75, 3.05) is 25.3 Å². The molecule has 0 spiro atoms. The van der Waals surface area contributed by atoms with Crippen molar-refractivity contribution >= 4 is 46.3 Å². The first kappa shape index (κ1) is 22.2. The van der Waals surface area contributed by atoms with Crippen molar-refractivity contribution in [3.63, 3.8) is 0 Å². The van der Waals surface area contributed by atoms with Crippen LogP contribution in [-0.4, -0.2) is 40.6 Å². The van der Waals surface area contributed by atoms with Gasteiger partial charge in [-0.15, -0.1) is 21.5 Å². The summed E-state index contributed by atoms with van der Waals surface area (Å²) in [5, 5.41) is 14.6. The molecule has 4 rings (SSSR count). The third-order valence-corrected chi connectivity index (χ3v) is 6.56. The van der Waals surface area contributed by atoms with E-state index in [0.29, 0.717) is 21.6 Å². The molecule has 0 saturated heterocycles. The summed E-state index contributed by atoms with van der Waals surface area (Å²) in [5.41, 5.74) is 1.47. The maximum atomic E-state index is 12.5. The van der Waals surface area contributed by atoms with Crippen LogP contribution in [-0.2, 0) is 4.79 Å². The molecule has 0 aliphatic heterocycles. The Balaban J connectivity index is 1.54. The van der Waals surface area contributed by atoms with Crippen molar-refractivity contribution in [2.45, 2.75) is 5.16 Å². The first-order valence-electron chi connectivity index (χ1n) is 9.49. The molecule has 0 atom stereocenters. The van der Waals surface area contributed by atoms with Gasteiger partial charge in [-0.1, -0.05) is 29.4 Å². The van der Waals surface area contributed by atoms with E-state index in [1.807, 2.05) is 46.3 Å². The van der Waals surface area contributed by atoms with Crippen molar-refractivity contribution in [3.8, 4) is 27.9 Å². The van der Waals surface area contributed by atoms with Gasteiger partial charge in [0.1, 0.15) is 11.5 Å². The summed E-state index contributed by atoms with van der Waals surface area (Å²) < 4.78 is 12.3. The van der Waals surface area contributed by atoms with Gasteiger partial charge in [0.05, 0.1) is 35.6 Å². The van der Waals surface area contributed by atoms with Crippen LogP contribution in [0.15, 0.2) is 65.1 Å². The molecule has 0 aliphatic carbocycles. The average Bonchev–Trinajstić information content (AvgIpc) is 3.48. The van der Waals surface area contributed by atoms with Crippen LogP contribution in [0.4, 0.5) is 5.69 Å². The topological polar surface area (TPSA) is 78.3 Å². The maximum absolute atomic E-state index is 12.5. The van der Waals surface area contributed by atoms with Gasteiger partial charge in [-0.25, -0.2) is 0 Å². The van der Waals surface area contributed by atoms with Crippen molar-refractivity contribution in [1.82, 2.24) is 14.8 Å². The number of ether oxygens (including phenoxy) is 2. The fourth-order valence-corrected chi connectivity index (χ4v) is 4.67. The van der Waals surface area contributed by atoms with Gasteiger partial charge in [0.15, 0.2) is 11.0 Å². The van der Waals surface area contributed by atoms with E-state index in [4.69, 9.17) is 21.1 Å². The fraction of sp³-hybridized carbons (Fsp3) is 0.136. The number of anilines is 1. The van der Waals surface area contributed by atoms with Crippen LogP contribution in [0.3, 0.4) is 0 Å². The molecule has 0 radical (unpaired) electrons. The fourth-order valence-electron chi connectivity index (χ4n) is 2.96. The molecule has 164 valence electrons. The summed E-state index contributed by atoms with van der Waals surface area (Å²) in [7, 11) is 3.17. The van der Waals surface area contributed by atoms with Crippen LogP contribution in [0, 0.1) is 0 Å². The Morgan fingerprint density at radius 2 is 1.94 bits per heavy atom. The van der Waals surface area contributed by atoms with E-state index in [-0.39, 0.29) is 11.7 Å². The zero-order chi connectivity index (χ0) is 22.5. The SMILES string of the molecule is COc1ccc(-n2c(SCC(=O)Nc3ccc(OC)c(Cl)c3)nnc2-c2cccs2)cc1. The lowest BCUT2D eigenvalue weighted by Gasteiger charge is -2.11. The first-order valence-corrected chi connectivity index (χ1v) is 11.7. The van der Waals surface area contributed by atoms with Crippen LogP contribution in [0.5, 0.6) is 11.5 Å². The Labute approximate surface area is 198 Å². The normalized spacial score (nSPS) is 10.7. The van der Waals surface area contributed by atoms with Gasteiger partial charge < -0.3 is 14.8 Å². The van der Waals surface area contributed by atoms with Gasteiger partial charge in [-0.2, -0.15) is 0 Å². The lowest BCUT2D eigenvalue weighted by Crippen LogP contribution is -2.14. The molecule has 4 aromatic rings. The molecule has 1 N–H and O–H groups in total. The second kappa shape index (κ2) is 10.1. The van der Waals surface area contributed by atoms with Crippen LogP contribution < -0.4 is 14.8 Å². The first-order chi connectivity index (χ1) is 15.6. The number of nitrogens with zero attached hydrogens (tertiary/aromatic N) is 3. The average molecular weight is 487 g/mol. The number of methoxy groups -OCH3 is 2. The van der Waals surface area contributed by atoms with Crippen LogP contribution >= 0.6 is 34.7 Å². The third kappa shape index (κ3) is 4.90. The van der Waals surface area contributed by atoms with Gasteiger partial charge in [0.2, 0.25) is 5.91 Å². The number of hydrogen-bond acceptors (Lipinski definition) is 7. The maximum Gasteiger partial charge on any atom is 0.234 e. The molecule has 2 aromatic heterocycles. The monoisotopic (exact) mass is 486 g/mol. The van der Waals surface area contributed by atoms with E-state index in [0.717, 1.165) is 22.1 Å². The molecule has 0 fully saturated rings. The van der Waals surface area contributed by atoms with E-state index in [1.165, 1.54) is 11.8 Å². The summed E-state index contributed by atoms with van der Waals surface area (Å²) in [6, 6.07) is 16.7. The van der Waals surface area contributed by atoms with Gasteiger partial charge in [0, 0.05) is 5.69 Å². The second-order valence-corrected chi connectivity index (χ2v) is 8.80. The molecular formula is C22H19ClN4O3S2. The Bertz CT molecular complexity index is 1210. The van der Waals surface area contributed by atoms with Crippen LogP contribution in [0.2, 0.25) is 5.02 Å². The zero-order valence-corrected chi connectivity index (χ0v) is 19.6. The Kier molecular flexibility index (Phi) is 6.99. The smallest absolute Gasteiger partial charge is 0.234 e. The molecule has 32 heavy (non-hydrogen) atoms. The number of amides is 1. The van der Waals surface area contributed by atoms with Gasteiger partial charge >= 0.3 is 0 Å². The Morgan fingerprint density at radius 1 is 1.12 bits per heavy atom. The summed E-state index contributed by atoms with van der Waals surface area (Å²) in [4.78, 5) is 13.5. The molecular weight excluding hydrogens is 468 g/mol. The number of carbonyl (C=O) groups excluding carboxylic acids is 1. The molecule has 0 unspecified atom stereocenters. The predicted octanol–water partition coefficient (Wildman–Crippen LogP) is 5.40. The van der Waals surface area contributed by atoms with Crippen LogP contribution in [0.25, 0.3) is 16.4 Å². The number of thiophene rings is 1. The molecule has 0 saturated carbocycles. The van der Waals surface area contributed by atoms with E-state index >= 15 is 0 Å². The minimum atomic E-state index is -0.182. The lowest BCUT2D eigenvalue weighted by atomic mass is 10.3. The number of halogens is 1. The highest BCUT2D eigenvalue weighted by atomic mass is 35.5. The van der Waals surface area contributed by atoms with Crippen molar-refractivity contribution in [3.05, 3.63) is 65.0 Å². The predicted molar refractivity (Wildman–Crippen MR) is 129 cm³/mol. The highest BCUT2D eigenvalue weighted by Gasteiger charge is 2.18. The van der Waals surface area contributed by atoms with E-state index in [2.05, 4.69) is 15.5 Å². The number of hydrogen-bond donors (Lipinski definition) is 1. The van der Waals surface area contributed by atoms with Crippen molar-refractivity contribution in [1.29, 1.82) is 0 Å². The van der Waals surface area contributed by atoms with Gasteiger partial charge in [0.25, 0.3) is 0 Å². The summed E-state index contributed by atoms with van der Waals surface area (Å²) in [5.74, 6) is 2.00. The molecule has 10 heteroatoms. The summed E-state index contributed by atoms with van der Waals surface area (Å²) in [6.07, 6.45) is 0. The molecule has 7 nitrogen and oxygen atoms in total. The highest BCUT2D eigenvalue weighted by molar-refractivity contribution is 7.99. The third-order valence-electron chi connectivity index (χ3n) is 4.47. The quantitative estimate of drug-likeness (QED) is 0.336. The number of aromatic nitrogens is 3. The largest absolute Gasteiger partial charge is 0.497 e. The minimum Gasteiger partial charge on any atom is -0.497 e. The number of carbonyl (C=O) groups is 1. The van der Waals surface area contributed by atoms with Gasteiger partial charge in [-0.3, -0.25) is 9.36 Å². The second-order valence-electron chi connectivity index (χ2n) is 6.50. The highest BCUT2D eigenvalue weighted by Crippen LogP contribution is 2.31. The number of benzene rings is 2. The van der Waals surface area contributed by atoms with Crippen molar-refractivity contribution < 1.29 is 14.3 Å². The number of nitrogens with one attached hydrogen (secondary N) is 1. The molecule has 2 heterocycles. The Hall–Kier alpha value is -3.01.